The average Bonchev–Trinajstić information content (AvgIpc) is 2.59. The van der Waals surface area contributed by atoms with Gasteiger partial charge in [0.15, 0.2) is 0 Å². The van der Waals surface area contributed by atoms with E-state index in [2.05, 4.69) is 9.97 Å². The molecule has 1 aliphatic heterocycles. The number of carbonyl (C=O) groups is 1. The fourth-order valence-corrected chi connectivity index (χ4v) is 2.31. The van der Waals surface area contributed by atoms with Crippen molar-refractivity contribution in [2.75, 3.05) is 23.8 Å². The Morgan fingerprint density at radius 3 is 2.71 bits per heavy atom. The zero-order valence-corrected chi connectivity index (χ0v) is 12.0. The van der Waals surface area contributed by atoms with Gasteiger partial charge >= 0.3 is 0 Å². The first-order valence-corrected chi connectivity index (χ1v) is 6.71. The highest BCUT2D eigenvalue weighted by Gasteiger charge is 2.29. The molecule has 0 aliphatic carbocycles. The molecular weight excluding hydrogens is 267 g/mol. The molecular formula is C14H15BN4O2. The number of ether oxygens (including phenoxy) is 1. The van der Waals surface area contributed by atoms with E-state index in [-0.39, 0.29) is 23.2 Å². The van der Waals surface area contributed by atoms with Gasteiger partial charge in [-0.1, -0.05) is 17.6 Å². The average molecular weight is 282 g/mol. The molecule has 2 aromatic rings. The minimum absolute atomic E-state index is 0.154. The quantitative estimate of drug-likeness (QED) is 0.724. The van der Waals surface area contributed by atoms with Crippen LogP contribution >= 0.6 is 0 Å². The molecule has 21 heavy (non-hydrogen) atoms. The topological polar surface area (TPSA) is 81.3 Å². The van der Waals surface area contributed by atoms with Crippen LogP contribution in [0, 0.1) is 6.92 Å². The summed E-state index contributed by atoms with van der Waals surface area (Å²) in [4.78, 5) is 22.6. The van der Waals surface area contributed by atoms with Crippen LogP contribution in [0.4, 0.5) is 11.5 Å². The number of rotatable bonds is 1. The van der Waals surface area contributed by atoms with Crippen LogP contribution in [0.25, 0.3) is 0 Å². The van der Waals surface area contributed by atoms with Crippen molar-refractivity contribution >= 4 is 30.7 Å². The van der Waals surface area contributed by atoms with Gasteiger partial charge < -0.3 is 15.4 Å². The van der Waals surface area contributed by atoms with Crippen molar-refractivity contribution in [3.63, 3.8) is 0 Å². The van der Waals surface area contributed by atoms with E-state index in [1.54, 1.807) is 11.8 Å². The molecule has 0 atom stereocenters. The molecule has 1 amide bonds. The Balaban J connectivity index is 2.06. The van der Waals surface area contributed by atoms with E-state index in [0.29, 0.717) is 19.0 Å². The summed E-state index contributed by atoms with van der Waals surface area (Å²) in [5.41, 5.74) is 8.07. The first kappa shape index (κ1) is 13.4. The number of hydrogen-bond donors (Lipinski definition) is 1. The molecule has 0 saturated heterocycles. The van der Waals surface area contributed by atoms with E-state index in [0.717, 1.165) is 11.2 Å². The summed E-state index contributed by atoms with van der Waals surface area (Å²) in [5, 5.41) is 0. The van der Waals surface area contributed by atoms with Gasteiger partial charge in [-0.05, 0) is 19.1 Å². The van der Waals surface area contributed by atoms with Crippen molar-refractivity contribution < 1.29 is 9.53 Å². The SMILES string of the molecule is Bc1ccc(N2CCOc3nc(C)nc(N)c3C2=O)cc1. The van der Waals surface area contributed by atoms with Gasteiger partial charge in [-0.25, -0.2) is 4.98 Å². The molecule has 2 heterocycles. The molecule has 0 bridgehead atoms. The molecule has 0 saturated carbocycles. The number of fused-ring (bicyclic) bond motifs is 1. The molecule has 0 fully saturated rings. The summed E-state index contributed by atoms with van der Waals surface area (Å²) in [6.45, 7) is 2.52. The van der Waals surface area contributed by atoms with E-state index in [1.807, 2.05) is 32.1 Å². The molecule has 0 spiro atoms. The van der Waals surface area contributed by atoms with Gasteiger partial charge in [-0.15, -0.1) is 0 Å². The largest absolute Gasteiger partial charge is 0.475 e. The third-order valence-electron chi connectivity index (χ3n) is 3.37. The molecule has 2 N–H and O–H groups in total. The van der Waals surface area contributed by atoms with Crippen LogP contribution < -0.4 is 20.8 Å². The number of benzene rings is 1. The molecule has 0 unspecified atom stereocenters. The zero-order valence-electron chi connectivity index (χ0n) is 12.0. The lowest BCUT2D eigenvalue weighted by molar-refractivity contribution is 0.0990. The van der Waals surface area contributed by atoms with Gasteiger partial charge in [0, 0.05) is 5.69 Å². The molecule has 1 aromatic carbocycles. The van der Waals surface area contributed by atoms with Crippen LogP contribution in [0.3, 0.4) is 0 Å². The highest BCUT2D eigenvalue weighted by molar-refractivity contribution is 6.32. The van der Waals surface area contributed by atoms with E-state index >= 15 is 0 Å². The van der Waals surface area contributed by atoms with E-state index in [4.69, 9.17) is 10.5 Å². The second-order valence-electron chi connectivity index (χ2n) is 4.98. The Morgan fingerprint density at radius 2 is 2.00 bits per heavy atom. The molecule has 1 aliphatic rings. The number of aromatic nitrogens is 2. The number of anilines is 2. The van der Waals surface area contributed by atoms with Gasteiger partial charge in [0.25, 0.3) is 5.91 Å². The maximum atomic E-state index is 12.7. The standard InChI is InChI=1S/C14H15BN4O2/c1-8-17-12(16)11-13(18-8)21-7-6-19(14(11)20)10-4-2-9(15)3-5-10/h2-5H,6-7,15H2,1H3,(H2,16,17,18). The van der Waals surface area contributed by atoms with Crippen LogP contribution in [-0.2, 0) is 0 Å². The van der Waals surface area contributed by atoms with Crippen molar-refractivity contribution in [3.8, 4) is 5.88 Å². The first-order chi connectivity index (χ1) is 10.1. The highest BCUT2D eigenvalue weighted by atomic mass is 16.5. The monoisotopic (exact) mass is 282 g/mol. The molecule has 7 heteroatoms. The Morgan fingerprint density at radius 1 is 1.29 bits per heavy atom. The molecule has 0 radical (unpaired) electrons. The van der Waals surface area contributed by atoms with Crippen LogP contribution in [0.2, 0.25) is 0 Å². The maximum Gasteiger partial charge on any atom is 0.267 e. The summed E-state index contributed by atoms with van der Waals surface area (Å²) >= 11 is 0. The molecule has 3 rings (SSSR count). The Kier molecular flexibility index (Phi) is 3.25. The lowest BCUT2D eigenvalue weighted by Gasteiger charge is -2.20. The van der Waals surface area contributed by atoms with Crippen LogP contribution in [-0.4, -0.2) is 36.9 Å². The minimum atomic E-state index is -0.233. The number of nitrogens with zero attached hydrogens (tertiary/aromatic N) is 3. The normalized spacial score (nSPS) is 14.3. The van der Waals surface area contributed by atoms with E-state index < -0.39 is 0 Å². The fourth-order valence-electron chi connectivity index (χ4n) is 2.31. The zero-order chi connectivity index (χ0) is 15.0. The van der Waals surface area contributed by atoms with Crippen molar-refractivity contribution in [2.45, 2.75) is 6.92 Å². The number of aryl methyl sites for hydroxylation is 1. The van der Waals surface area contributed by atoms with Crippen LogP contribution in [0.1, 0.15) is 16.2 Å². The van der Waals surface area contributed by atoms with Gasteiger partial charge in [0.05, 0.1) is 6.54 Å². The number of amides is 1. The molecule has 6 nitrogen and oxygen atoms in total. The van der Waals surface area contributed by atoms with Crippen LogP contribution in [0.15, 0.2) is 24.3 Å². The Bertz CT molecular complexity index is 703. The highest BCUT2D eigenvalue weighted by Crippen LogP contribution is 2.27. The number of nitrogens with two attached hydrogens (primary N) is 1. The molecule has 1 aromatic heterocycles. The Hall–Kier alpha value is -2.57. The summed E-state index contributed by atoms with van der Waals surface area (Å²) in [6, 6.07) is 7.74. The fraction of sp³-hybridized carbons (Fsp3) is 0.214. The van der Waals surface area contributed by atoms with Gasteiger partial charge in [0.1, 0.15) is 31.7 Å². The maximum absolute atomic E-state index is 12.7. The van der Waals surface area contributed by atoms with Gasteiger partial charge in [0.2, 0.25) is 5.88 Å². The third-order valence-corrected chi connectivity index (χ3v) is 3.37. The first-order valence-electron chi connectivity index (χ1n) is 6.71. The lowest BCUT2D eigenvalue weighted by atomic mass is 9.96. The van der Waals surface area contributed by atoms with Crippen LogP contribution in [0.5, 0.6) is 5.88 Å². The number of nitrogen functional groups attached to an aromatic ring is 1. The van der Waals surface area contributed by atoms with Crippen molar-refractivity contribution in [1.82, 2.24) is 9.97 Å². The smallest absolute Gasteiger partial charge is 0.267 e. The summed E-state index contributed by atoms with van der Waals surface area (Å²) in [6.07, 6.45) is 0. The van der Waals surface area contributed by atoms with Crippen molar-refractivity contribution in [1.29, 1.82) is 0 Å². The number of carbonyl (C=O) groups excluding carboxylic acids is 1. The summed E-state index contributed by atoms with van der Waals surface area (Å²) < 4.78 is 5.56. The lowest BCUT2D eigenvalue weighted by Crippen LogP contribution is -2.33. The summed E-state index contributed by atoms with van der Waals surface area (Å²) in [7, 11) is 2.00. The third kappa shape index (κ3) is 2.42. The van der Waals surface area contributed by atoms with E-state index in [9.17, 15) is 4.79 Å². The van der Waals surface area contributed by atoms with Crippen molar-refractivity contribution in [3.05, 3.63) is 35.7 Å². The Labute approximate surface area is 123 Å². The second-order valence-corrected chi connectivity index (χ2v) is 4.98. The number of hydrogen-bond acceptors (Lipinski definition) is 5. The predicted molar refractivity (Wildman–Crippen MR) is 83.0 cm³/mol. The summed E-state index contributed by atoms with van der Waals surface area (Å²) in [5.74, 6) is 0.674. The minimum Gasteiger partial charge on any atom is -0.475 e. The predicted octanol–water partition coefficient (Wildman–Crippen LogP) is -0.335. The van der Waals surface area contributed by atoms with Gasteiger partial charge in [-0.2, -0.15) is 4.98 Å². The van der Waals surface area contributed by atoms with Gasteiger partial charge in [-0.3, -0.25) is 4.79 Å². The van der Waals surface area contributed by atoms with E-state index in [1.165, 1.54) is 0 Å². The molecule has 106 valence electrons. The second kappa shape index (κ2) is 5.08. The van der Waals surface area contributed by atoms with Crippen molar-refractivity contribution in [2.24, 2.45) is 0 Å².